The molecule has 24 heavy (non-hydrogen) atoms. The lowest BCUT2D eigenvalue weighted by molar-refractivity contribution is -0.137. The van der Waals surface area contributed by atoms with E-state index in [1.165, 1.54) is 24.6 Å². The van der Waals surface area contributed by atoms with Crippen LogP contribution in [0.2, 0.25) is 0 Å². The van der Waals surface area contributed by atoms with Gasteiger partial charge in [0.2, 0.25) is 5.88 Å². The first kappa shape index (κ1) is 18.2. The minimum atomic E-state index is -1.06. The summed E-state index contributed by atoms with van der Waals surface area (Å²) >= 11 is 0. The summed E-state index contributed by atoms with van der Waals surface area (Å²) in [6.45, 7) is 0.113. The maximum Gasteiger partial charge on any atom is 0.323 e. The van der Waals surface area contributed by atoms with Crippen molar-refractivity contribution < 1.29 is 24.2 Å². The van der Waals surface area contributed by atoms with E-state index in [9.17, 15) is 9.59 Å². The minimum Gasteiger partial charge on any atom is -0.480 e. The van der Waals surface area contributed by atoms with Crippen molar-refractivity contribution in [3.63, 3.8) is 0 Å². The van der Waals surface area contributed by atoms with Gasteiger partial charge in [-0.05, 0) is 31.7 Å². The van der Waals surface area contributed by atoms with Gasteiger partial charge in [0.15, 0.2) is 0 Å². The number of carbonyl (C=O) groups is 2. The van der Waals surface area contributed by atoms with Crippen molar-refractivity contribution >= 4 is 11.9 Å². The summed E-state index contributed by atoms with van der Waals surface area (Å²) in [5, 5.41) is 8.98. The lowest BCUT2D eigenvalue weighted by atomic mass is 9.98. The number of pyridine rings is 1. The number of hydrogen-bond acceptors (Lipinski definition) is 5. The number of carboxylic acids is 1. The second-order valence-electron chi connectivity index (χ2n) is 5.87. The van der Waals surface area contributed by atoms with Gasteiger partial charge in [-0.15, -0.1) is 0 Å². The van der Waals surface area contributed by atoms with Crippen LogP contribution in [0.25, 0.3) is 0 Å². The summed E-state index contributed by atoms with van der Waals surface area (Å²) in [5.41, 5.74) is 0.369. The van der Waals surface area contributed by atoms with Crippen LogP contribution in [0, 0.1) is 0 Å². The van der Waals surface area contributed by atoms with E-state index in [-0.39, 0.29) is 31.7 Å². The van der Waals surface area contributed by atoms with Crippen LogP contribution < -0.4 is 4.74 Å². The standard InChI is InChI=1S/C17H24N2O5/c1-23-10-9-19(12-16(20)21)17(22)13-7-8-18-15(11-13)24-14-5-3-2-4-6-14/h7-8,11,14H,2-6,9-10,12H2,1H3,(H,20,21). The molecule has 0 aliphatic heterocycles. The first-order valence-corrected chi connectivity index (χ1v) is 8.23. The van der Waals surface area contributed by atoms with Gasteiger partial charge in [-0.25, -0.2) is 4.98 Å². The highest BCUT2D eigenvalue weighted by Gasteiger charge is 2.20. The Kier molecular flexibility index (Phi) is 6.99. The van der Waals surface area contributed by atoms with Crippen LogP contribution in [0.4, 0.5) is 0 Å². The molecule has 1 N–H and O–H groups in total. The van der Waals surface area contributed by atoms with Gasteiger partial charge in [-0.2, -0.15) is 0 Å². The fraction of sp³-hybridized carbons (Fsp3) is 0.588. The predicted octanol–water partition coefficient (Wildman–Crippen LogP) is 1.97. The lowest BCUT2D eigenvalue weighted by Gasteiger charge is -2.23. The molecule has 7 heteroatoms. The van der Waals surface area contributed by atoms with E-state index in [1.807, 2.05) is 0 Å². The molecule has 1 amide bonds. The summed E-state index contributed by atoms with van der Waals surface area (Å²) in [4.78, 5) is 28.9. The van der Waals surface area contributed by atoms with Gasteiger partial charge in [0.25, 0.3) is 5.91 Å². The van der Waals surface area contributed by atoms with Gasteiger partial charge < -0.3 is 19.5 Å². The van der Waals surface area contributed by atoms with E-state index >= 15 is 0 Å². The molecular weight excluding hydrogens is 312 g/mol. The molecule has 1 aromatic rings. The van der Waals surface area contributed by atoms with Crippen molar-refractivity contribution in [2.45, 2.75) is 38.2 Å². The number of nitrogens with zero attached hydrogens (tertiary/aromatic N) is 2. The molecule has 0 unspecified atom stereocenters. The van der Waals surface area contributed by atoms with Gasteiger partial charge in [-0.3, -0.25) is 9.59 Å². The Morgan fingerprint density at radius 1 is 1.33 bits per heavy atom. The summed E-state index contributed by atoms with van der Waals surface area (Å²) < 4.78 is 10.8. The van der Waals surface area contributed by atoms with Crippen LogP contribution in [-0.2, 0) is 9.53 Å². The van der Waals surface area contributed by atoms with Crippen LogP contribution in [0.3, 0.4) is 0 Å². The number of carbonyl (C=O) groups excluding carboxylic acids is 1. The molecule has 1 heterocycles. The van der Waals surface area contributed by atoms with E-state index in [0.29, 0.717) is 11.4 Å². The van der Waals surface area contributed by atoms with E-state index in [0.717, 1.165) is 25.7 Å². The van der Waals surface area contributed by atoms with Gasteiger partial charge in [0.05, 0.1) is 6.61 Å². The van der Waals surface area contributed by atoms with Gasteiger partial charge >= 0.3 is 5.97 Å². The third-order valence-electron chi connectivity index (χ3n) is 4.00. The second kappa shape index (κ2) is 9.22. The quantitative estimate of drug-likeness (QED) is 0.781. The van der Waals surface area contributed by atoms with Crippen molar-refractivity contribution in [2.75, 3.05) is 26.8 Å². The molecule has 1 fully saturated rings. The Bertz CT molecular complexity index is 558. The Morgan fingerprint density at radius 3 is 2.75 bits per heavy atom. The zero-order chi connectivity index (χ0) is 17.4. The molecule has 1 aliphatic rings. The largest absolute Gasteiger partial charge is 0.480 e. The third kappa shape index (κ3) is 5.49. The molecule has 0 spiro atoms. The summed E-state index contributed by atoms with van der Waals surface area (Å²) in [6, 6.07) is 3.15. The van der Waals surface area contributed by atoms with Gasteiger partial charge in [0.1, 0.15) is 12.6 Å². The topological polar surface area (TPSA) is 89.0 Å². The molecule has 2 rings (SSSR count). The zero-order valence-corrected chi connectivity index (χ0v) is 13.9. The highest BCUT2D eigenvalue weighted by atomic mass is 16.5. The molecule has 0 bridgehead atoms. The van der Waals surface area contributed by atoms with Crippen LogP contribution in [0.15, 0.2) is 18.3 Å². The summed E-state index contributed by atoms with van der Waals surface area (Å²) in [5.74, 6) is -1.02. The predicted molar refractivity (Wildman–Crippen MR) is 87.2 cm³/mol. The smallest absolute Gasteiger partial charge is 0.323 e. The minimum absolute atomic E-state index is 0.139. The molecule has 132 valence electrons. The van der Waals surface area contributed by atoms with Crippen molar-refractivity contribution in [3.8, 4) is 5.88 Å². The van der Waals surface area contributed by atoms with E-state index in [4.69, 9.17) is 14.6 Å². The zero-order valence-electron chi connectivity index (χ0n) is 13.9. The summed E-state index contributed by atoms with van der Waals surface area (Å²) in [6.07, 6.45) is 7.17. The van der Waals surface area contributed by atoms with Crippen LogP contribution >= 0.6 is 0 Å². The fourth-order valence-electron chi connectivity index (χ4n) is 2.76. The molecule has 0 radical (unpaired) electrons. The van der Waals surface area contributed by atoms with Crippen LogP contribution in [-0.4, -0.2) is 59.8 Å². The molecule has 1 aliphatic carbocycles. The SMILES string of the molecule is COCCN(CC(=O)O)C(=O)c1ccnc(OC2CCCCC2)c1. The van der Waals surface area contributed by atoms with Crippen molar-refractivity contribution in [1.82, 2.24) is 9.88 Å². The Morgan fingerprint density at radius 2 is 2.08 bits per heavy atom. The molecule has 0 atom stereocenters. The van der Waals surface area contributed by atoms with Crippen LogP contribution in [0.5, 0.6) is 5.88 Å². The van der Waals surface area contributed by atoms with Crippen LogP contribution in [0.1, 0.15) is 42.5 Å². The van der Waals surface area contributed by atoms with Crippen molar-refractivity contribution in [3.05, 3.63) is 23.9 Å². The fourth-order valence-corrected chi connectivity index (χ4v) is 2.76. The average Bonchev–Trinajstić information content (AvgIpc) is 2.59. The van der Waals surface area contributed by atoms with Gasteiger partial charge in [-0.1, -0.05) is 6.42 Å². The number of aliphatic carboxylic acids is 1. The van der Waals surface area contributed by atoms with Crippen molar-refractivity contribution in [1.29, 1.82) is 0 Å². The molecule has 1 saturated carbocycles. The Balaban J connectivity index is 2.06. The number of methoxy groups -OCH3 is 1. The van der Waals surface area contributed by atoms with Gasteiger partial charge in [0, 0.05) is 31.5 Å². The van der Waals surface area contributed by atoms with Crippen molar-refractivity contribution in [2.24, 2.45) is 0 Å². The maximum atomic E-state index is 12.6. The normalized spacial score (nSPS) is 15.0. The highest BCUT2D eigenvalue weighted by molar-refractivity contribution is 5.96. The second-order valence-corrected chi connectivity index (χ2v) is 5.87. The maximum absolute atomic E-state index is 12.6. The Labute approximate surface area is 141 Å². The van der Waals surface area contributed by atoms with E-state index in [2.05, 4.69) is 4.98 Å². The number of rotatable bonds is 8. The first-order valence-electron chi connectivity index (χ1n) is 8.23. The molecule has 0 saturated heterocycles. The molecule has 7 nitrogen and oxygen atoms in total. The van der Waals surface area contributed by atoms with E-state index < -0.39 is 5.97 Å². The Hall–Kier alpha value is -2.15. The monoisotopic (exact) mass is 336 g/mol. The highest BCUT2D eigenvalue weighted by Crippen LogP contribution is 2.22. The number of hydrogen-bond donors (Lipinski definition) is 1. The van der Waals surface area contributed by atoms with E-state index in [1.54, 1.807) is 12.1 Å². The number of aromatic nitrogens is 1. The number of ether oxygens (including phenoxy) is 2. The molecule has 0 aromatic carbocycles. The molecular formula is C17H24N2O5. The third-order valence-corrected chi connectivity index (χ3v) is 4.00. The lowest BCUT2D eigenvalue weighted by Crippen LogP contribution is -2.38. The summed E-state index contributed by atoms with van der Waals surface area (Å²) in [7, 11) is 1.51. The number of amides is 1. The first-order chi connectivity index (χ1) is 11.6. The average molecular weight is 336 g/mol. The number of carboxylic acid groups (broad SMARTS) is 1. The molecule has 1 aromatic heterocycles.